The minimum atomic E-state index is 0. The summed E-state index contributed by atoms with van der Waals surface area (Å²) in [7, 11) is 1.73. The first-order valence-electron chi connectivity index (χ1n) is 11.9. The number of unbranched alkanes of at least 4 members (excludes halogenated alkanes) is 2. The second-order valence-corrected chi connectivity index (χ2v) is 9.69. The van der Waals surface area contributed by atoms with Gasteiger partial charge in [0.2, 0.25) is 5.91 Å². The summed E-state index contributed by atoms with van der Waals surface area (Å²) in [6, 6.07) is 16.4. The maximum Gasteiger partial charge on any atom is 0.224 e. The van der Waals surface area contributed by atoms with Crippen LogP contribution in [0.5, 0.6) is 5.75 Å². The van der Waals surface area contributed by atoms with E-state index < -0.39 is 0 Å². The van der Waals surface area contributed by atoms with Gasteiger partial charge in [-0.1, -0.05) is 51.5 Å². The van der Waals surface area contributed by atoms with Crippen LogP contribution in [0.3, 0.4) is 0 Å². The van der Waals surface area contributed by atoms with Crippen molar-refractivity contribution in [2.75, 3.05) is 50.1 Å². The number of hydrogen-bond acceptors (Lipinski definition) is 4. The van der Waals surface area contributed by atoms with Crippen molar-refractivity contribution in [2.24, 2.45) is 0 Å². The van der Waals surface area contributed by atoms with Gasteiger partial charge in [-0.2, -0.15) is 0 Å². The van der Waals surface area contributed by atoms with Crippen LogP contribution in [0.2, 0.25) is 0 Å². The third kappa shape index (κ3) is 8.24. The molecule has 1 heterocycles. The van der Waals surface area contributed by atoms with E-state index in [2.05, 4.69) is 60.2 Å². The molecule has 2 aromatic carbocycles. The van der Waals surface area contributed by atoms with Crippen molar-refractivity contribution in [2.45, 2.75) is 51.9 Å². The van der Waals surface area contributed by atoms with Gasteiger partial charge in [0.25, 0.3) is 0 Å². The standard InChI is InChI=1S/C27H39N3O2.ClH/c1-27(2,3)22-11-10-12-23(21-22)28-26(31)15-6-5-9-16-29-17-19-30(20-18-29)24-13-7-8-14-25(24)32-4;/h7-8,10-14,21H,5-6,9,15-20H2,1-4H3,(H,28,31);1H. The Bertz CT molecular complexity index is 874. The SMILES string of the molecule is COc1ccccc1N1CCN(CCCCCC(=O)Nc2cccc(C(C)(C)C)c2)CC1.Cl. The first-order valence-corrected chi connectivity index (χ1v) is 11.9. The fraction of sp³-hybridized carbons (Fsp3) is 0.519. The molecule has 1 aliphatic rings. The first-order chi connectivity index (χ1) is 15.4. The average molecular weight is 474 g/mol. The monoisotopic (exact) mass is 473 g/mol. The fourth-order valence-electron chi connectivity index (χ4n) is 4.19. The van der Waals surface area contributed by atoms with E-state index in [4.69, 9.17) is 4.74 Å². The number of amides is 1. The van der Waals surface area contributed by atoms with Crippen molar-refractivity contribution < 1.29 is 9.53 Å². The van der Waals surface area contributed by atoms with E-state index in [0.29, 0.717) is 6.42 Å². The number of piperazine rings is 1. The van der Waals surface area contributed by atoms with Crippen LogP contribution in [0.25, 0.3) is 0 Å². The van der Waals surface area contributed by atoms with E-state index in [0.717, 1.165) is 63.4 Å². The lowest BCUT2D eigenvalue weighted by Crippen LogP contribution is -2.46. The zero-order valence-electron chi connectivity index (χ0n) is 20.6. The Morgan fingerprint density at radius 1 is 0.970 bits per heavy atom. The largest absolute Gasteiger partial charge is 0.495 e. The summed E-state index contributed by atoms with van der Waals surface area (Å²) in [6.45, 7) is 11.9. The molecule has 3 rings (SSSR count). The van der Waals surface area contributed by atoms with Crippen molar-refractivity contribution in [1.29, 1.82) is 0 Å². The lowest BCUT2D eigenvalue weighted by molar-refractivity contribution is -0.116. The molecule has 0 spiro atoms. The van der Waals surface area contributed by atoms with Gasteiger partial charge >= 0.3 is 0 Å². The molecule has 1 N–H and O–H groups in total. The van der Waals surface area contributed by atoms with Crippen LogP contribution in [-0.2, 0) is 10.2 Å². The summed E-state index contributed by atoms with van der Waals surface area (Å²) >= 11 is 0. The number of hydrogen-bond donors (Lipinski definition) is 1. The molecule has 0 atom stereocenters. The lowest BCUT2D eigenvalue weighted by atomic mass is 9.87. The topological polar surface area (TPSA) is 44.8 Å². The van der Waals surface area contributed by atoms with Crippen molar-refractivity contribution in [3.05, 3.63) is 54.1 Å². The molecule has 1 fully saturated rings. The van der Waals surface area contributed by atoms with Crippen molar-refractivity contribution >= 4 is 29.7 Å². The molecule has 0 aliphatic carbocycles. The van der Waals surface area contributed by atoms with Gasteiger partial charge < -0.3 is 15.0 Å². The molecule has 0 bridgehead atoms. The van der Waals surface area contributed by atoms with Crippen LogP contribution < -0.4 is 15.0 Å². The number of para-hydroxylation sites is 2. The maximum absolute atomic E-state index is 12.3. The maximum atomic E-state index is 12.3. The zero-order chi connectivity index (χ0) is 23.0. The fourth-order valence-corrected chi connectivity index (χ4v) is 4.19. The highest BCUT2D eigenvalue weighted by Crippen LogP contribution is 2.28. The molecule has 1 amide bonds. The van der Waals surface area contributed by atoms with E-state index in [-0.39, 0.29) is 23.7 Å². The summed E-state index contributed by atoms with van der Waals surface area (Å²) in [5.74, 6) is 1.06. The zero-order valence-corrected chi connectivity index (χ0v) is 21.4. The van der Waals surface area contributed by atoms with E-state index in [1.807, 2.05) is 24.3 Å². The molecule has 0 saturated carbocycles. The molecule has 0 unspecified atom stereocenters. The first kappa shape index (κ1) is 27.0. The number of carbonyl (C=O) groups is 1. The Labute approximate surface area is 205 Å². The smallest absolute Gasteiger partial charge is 0.224 e. The van der Waals surface area contributed by atoms with Gasteiger partial charge in [-0.25, -0.2) is 0 Å². The van der Waals surface area contributed by atoms with Gasteiger partial charge in [-0.05, 0) is 54.6 Å². The van der Waals surface area contributed by atoms with E-state index in [1.165, 1.54) is 11.3 Å². The molecule has 0 radical (unpaired) electrons. The van der Waals surface area contributed by atoms with E-state index in [1.54, 1.807) is 7.11 Å². The molecule has 2 aromatic rings. The molecule has 5 nitrogen and oxygen atoms in total. The minimum absolute atomic E-state index is 0. The Kier molecular flexibility index (Phi) is 10.5. The Morgan fingerprint density at radius 3 is 2.39 bits per heavy atom. The normalized spacial score (nSPS) is 14.5. The molecule has 1 aliphatic heterocycles. The number of methoxy groups -OCH3 is 1. The van der Waals surface area contributed by atoms with Crippen molar-refractivity contribution in [3.63, 3.8) is 0 Å². The van der Waals surface area contributed by atoms with Crippen molar-refractivity contribution in [1.82, 2.24) is 4.90 Å². The van der Waals surface area contributed by atoms with Gasteiger partial charge in [0.05, 0.1) is 12.8 Å². The van der Waals surface area contributed by atoms with Crippen LogP contribution in [0.1, 0.15) is 52.0 Å². The number of nitrogens with zero attached hydrogens (tertiary/aromatic N) is 2. The van der Waals surface area contributed by atoms with Gasteiger partial charge in [0, 0.05) is 38.3 Å². The van der Waals surface area contributed by atoms with Crippen LogP contribution >= 0.6 is 12.4 Å². The highest BCUT2D eigenvalue weighted by molar-refractivity contribution is 5.90. The summed E-state index contributed by atoms with van der Waals surface area (Å²) in [5, 5.41) is 3.06. The Balaban J connectivity index is 0.00000385. The van der Waals surface area contributed by atoms with E-state index >= 15 is 0 Å². The minimum Gasteiger partial charge on any atom is -0.495 e. The molecular weight excluding hydrogens is 434 g/mol. The van der Waals surface area contributed by atoms with Gasteiger partial charge in [-0.15, -0.1) is 12.4 Å². The summed E-state index contributed by atoms with van der Waals surface area (Å²) in [5.41, 5.74) is 3.41. The highest BCUT2D eigenvalue weighted by Gasteiger charge is 2.19. The molecule has 1 saturated heterocycles. The molecule has 6 heteroatoms. The predicted octanol–water partition coefficient (Wildman–Crippen LogP) is 5.74. The number of nitrogens with one attached hydrogen (secondary N) is 1. The van der Waals surface area contributed by atoms with Crippen LogP contribution in [0, 0.1) is 0 Å². The van der Waals surface area contributed by atoms with Crippen LogP contribution in [0.4, 0.5) is 11.4 Å². The molecule has 0 aromatic heterocycles. The van der Waals surface area contributed by atoms with Gasteiger partial charge in [0.1, 0.15) is 5.75 Å². The van der Waals surface area contributed by atoms with Gasteiger partial charge in [-0.3, -0.25) is 9.69 Å². The number of ether oxygens (including phenoxy) is 1. The molecular formula is C27H40ClN3O2. The van der Waals surface area contributed by atoms with E-state index in [9.17, 15) is 4.79 Å². The van der Waals surface area contributed by atoms with Crippen LogP contribution in [0.15, 0.2) is 48.5 Å². The number of rotatable bonds is 9. The molecule has 33 heavy (non-hydrogen) atoms. The summed E-state index contributed by atoms with van der Waals surface area (Å²) < 4.78 is 5.51. The number of halogens is 1. The predicted molar refractivity (Wildman–Crippen MR) is 141 cm³/mol. The molecule has 182 valence electrons. The number of carbonyl (C=O) groups excluding carboxylic acids is 1. The van der Waals surface area contributed by atoms with Crippen LogP contribution in [-0.4, -0.2) is 50.6 Å². The van der Waals surface area contributed by atoms with Gasteiger partial charge in [0.15, 0.2) is 0 Å². The quantitative estimate of drug-likeness (QED) is 0.472. The van der Waals surface area contributed by atoms with Crippen molar-refractivity contribution in [3.8, 4) is 5.75 Å². The Morgan fingerprint density at radius 2 is 1.70 bits per heavy atom. The Hall–Kier alpha value is -2.24. The number of anilines is 2. The highest BCUT2D eigenvalue weighted by atomic mass is 35.5. The third-order valence-corrected chi connectivity index (χ3v) is 6.19. The summed E-state index contributed by atoms with van der Waals surface area (Å²) in [6.07, 6.45) is 3.75. The summed E-state index contributed by atoms with van der Waals surface area (Å²) in [4.78, 5) is 17.3. The second-order valence-electron chi connectivity index (χ2n) is 9.69. The number of benzene rings is 2. The second kappa shape index (κ2) is 12.9. The average Bonchev–Trinajstić information content (AvgIpc) is 2.79. The lowest BCUT2D eigenvalue weighted by Gasteiger charge is -2.36. The third-order valence-electron chi connectivity index (χ3n) is 6.19.